The van der Waals surface area contributed by atoms with Gasteiger partial charge in [-0.3, -0.25) is 29.4 Å². The SMILES string of the molecule is CC(C)[C@@H](C(=O)Nc1ccccc1[N+](=O)[O-])N1C(=O)c2ccccc2C1=O. The van der Waals surface area contributed by atoms with E-state index in [1.165, 1.54) is 30.3 Å². The van der Waals surface area contributed by atoms with E-state index in [4.69, 9.17) is 0 Å². The summed E-state index contributed by atoms with van der Waals surface area (Å²) >= 11 is 0. The molecule has 2 aromatic carbocycles. The standard InChI is InChI=1S/C19H17N3O5/c1-11(2)16(17(23)20-14-9-5-6-10-15(14)22(26)27)21-18(24)12-7-3-4-8-13(12)19(21)25/h3-11,16H,1-2H3,(H,20,23)/t16-/m0/s1. The highest BCUT2D eigenvalue weighted by atomic mass is 16.6. The first kappa shape index (κ1) is 18.2. The fourth-order valence-corrected chi connectivity index (χ4v) is 3.12. The van der Waals surface area contributed by atoms with Crippen molar-refractivity contribution in [2.45, 2.75) is 19.9 Å². The number of nitro groups is 1. The molecule has 0 aromatic heterocycles. The number of para-hydroxylation sites is 2. The van der Waals surface area contributed by atoms with Crippen LogP contribution in [0.3, 0.4) is 0 Å². The molecule has 1 heterocycles. The van der Waals surface area contributed by atoms with E-state index in [1.54, 1.807) is 32.0 Å². The predicted octanol–water partition coefficient (Wildman–Crippen LogP) is 2.85. The monoisotopic (exact) mass is 367 g/mol. The van der Waals surface area contributed by atoms with Gasteiger partial charge in [0, 0.05) is 6.07 Å². The molecule has 1 aliphatic heterocycles. The summed E-state index contributed by atoms with van der Waals surface area (Å²) in [6.45, 7) is 3.40. The lowest BCUT2D eigenvalue weighted by Gasteiger charge is -2.28. The Morgan fingerprint density at radius 3 is 2.04 bits per heavy atom. The number of fused-ring (bicyclic) bond motifs is 1. The minimum Gasteiger partial charge on any atom is -0.319 e. The molecule has 0 fully saturated rings. The molecule has 0 spiro atoms. The number of rotatable bonds is 5. The second-order valence-corrected chi connectivity index (χ2v) is 6.48. The van der Waals surface area contributed by atoms with Gasteiger partial charge in [-0.25, -0.2) is 0 Å². The van der Waals surface area contributed by atoms with Gasteiger partial charge in [-0.05, 0) is 24.1 Å². The van der Waals surface area contributed by atoms with Crippen LogP contribution in [0.4, 0.5) is 11.4 Å². The number of carbonyl (C=O) groups excluding carboxylic acids is 3. The van der Waals surface area contributed by atoms with Crippen LogP contribution in [0, 0.1) is 16.0 Å². The Labute approximate surface area is 154 Å². The van der Waals surface area contributed by atoms with Crippen LogP contribution >= 0.6 is 0 Å². The maximum atomic E-state index is 12.9. The number of imide groups is 1. The molecule has 1 aliphatic rings. The van der Waals surface area contributed by atoms with Crippen molar-refractivity contribution < 1.29 is 19.3 Å². The molecule has 0 saturated heterocycles. The van der Waals surface area contributed by atoms with E-state index >= 15 is 0 Å². The first-order valence-electron chi connectivity index (χ1n) is 8.34. The Hall–Kier alpha value is -3.55. The summed E-state index contributed by atoms with van der Waals surface area (Å²) in [5.74, 6) is -2.15. The van der Waals surface area contributed by atoms with E-state index < -0.39 is 34.6 Å². The van der Waals surface area contributed by atoms with Crippen LogP contribution in [-0.4, -0.2) is 33.6 Å². The molecule has 0 bridgehead atoms. The van der Waals surface area contributed by atoms with E-state index in [2.05, 4.69) is 5.32 Å². The summed E-state index contributed by atoms with van der Waals surface area (Å²) in [7, 11) is 0. The lowest BCUT2D eigenvalue weighted by Crippen LogP contribution is -2.50. The van der Waals surface area contributed by atoms with Crippen LogP contribution in [0.2, 0.25) is 0 Å². The predicted molar refractivity (Wildman–Crippen MR) is 97.3 cm³/mol. The van der Waals surface area contributed by atoms with E-state index in [9.17, 15) is 24.5 Å². The Kier molecular flexibility index (Phi) is 4.72. The van der Waals surface area contributed by atoms with Crippen LogP contribution in [0.1, 0.15) is 34.6 Å². The highest BCUT2D eigenvalue weighted by molar-refractivity contribution is 6.23. The van der Waals surface area contributed by atoms with Gasteiger partial charge < -0.3 is 5.32 Å². The molecule has 1 N–H and O–H groups in total. The number of nitro benzene ring substituents is 1. The van der Waals surface area contributed by atoms with Crippen molar-refractivity contribution in [2.24, 2.45) is 5.92 Å². The van der Waals surface area contributed by atoms with Gasteiger partial charge in [-0.15, -0.1) is 0 Å². The van der Waals surface area contributed by atoms with Crippen molar-refractivity contribution in [3.63, 3.8) is 0 Å². The number of benzene rings is 2. The van der Waals surface area contributed by atoms with E-state index in [-0.39, 0.29) is 22.5 Å². The molecule has 0 aliphatic carbocycles. The summed E-state index contributed by atoms with van der Waals surface area (Å²) in [4.78, 5) is 49.8. The largest absolute Gasteiger partial charge is 0.319 e. The van der Waals surface area contributed by atoms with Crippen molar-refractivity contribution in [1.82, 2.24) is 4.90 Å². The number of nitrogens with zero attached hydrogens (tertiary/aromatic N) is 2. The molecule has 27 heavy (non-hydrogen) atoms. The Morgan fingerprint density at radius 1 is 1.00 bits per heavy atom. The van der Waals surface area contributed by atoms with Crippen LogP contribution in [0.15, 0.2) is 48.5 Å². The Morgan fingerprint density at radius 2 is 1.52 bits per heavy atom. The van der Waals surface area contributed by atoms with Crippen LogP contribution in [0.5, 0.6) is 0 Å². The first-order chi connectivity index (χ1) is 12.8. The summed E-state index contributed by atoms with van der Waals surface area (Å²) in [5, 5.41) is 13.6. The van der Waals surface area contributed by atoms with E-state index in [0.717, 1.165) is 4.90 Å². The second-order valence-electron chi connectivity index (χ2n) is 6.48. The Balaban J connectivity index is 1.94. The molecule has 0 unspecified atom stereocenters. The van der Waals surface area contributed by atoms with Gasteiger partial charge in [-0.1, -0.05) is 38.1 Å². The lowest BCUT2D eigenvalue weighted by molar-refractivity contribution is -0.383. The maximum Gasteiger partial charge on any atom is 0.292 e. The smallest absolute Gasteiger partial charge is 0.292 e. The van der Waals surface area contributed by atoms with Crippen molar-refractivity contribution >= 4 is 29.1 Å². The molecule has 0 saturated carbocycles. The molecule has 138 valence electrons. The summed E-state index contributed by atoms with van der Waals surface area (Å²) in [6, 6.07) is 11.0. The van der Waals surface area contributed by atoms with Gasteiger partial charge in [0.15, 0.2) is 0 Å². The van der Waals surface area contributed by atoms with E-state index in [0.29, 0.717) is 0 Å². The minimum atomic E-state index is -1.10. The zero-order valence-corrected chi connectivity index (χ0v) is 14.7. The third-order valence-electron chi connectivity index (χ3n) is 4.36. The highest BCUT2D eigenvalue weighted by Crippen LogP contribution is 2.29. The summed E-state index contributed by atoms with van der Waals surface area (Å²) < 4.78 is 0. The van der Waals surface area contributed by atoms with Crippen molar-refractivity contribution in [3.05, 3.63) is 69.8 Å². The quantitative estimate of drug-likeness (QED) is 0.496. The summed E-state index contributed by atoms with van der Waals surface area (Å²) in [5.41, 5.74) is 0.226. The zero-order chi connectivity index (χ0) is 19.7. The van der Waals surface area contributed by atoms with Crippen LogP contribution in [0.25, 0.3) is 0 Å². The van der Waals surface area contributed by atoms with Gasteiger partial charge in [0.05, 0.1) is 16.1 Å². The van der Waals surface area contributed by atoms with Crippen LogP contribution in [-0.2, 0) is 4.79 Å². The fraction of sp³-hybridized carbons (Fsp3) is 0.211. The zero-order valence-electron chi connectivity index (χ0n) is 14.7. The van der Waals surface area contributed by atoms with E-state index in [1.807, 2.05) is 0 Å². The molecule has 8 heteroatoms. The van der Waals surface area contributed by atoms with Crippen LogP contribution < -0.4 is 5.32 Å². The number of carbonyl (C=O) groups is 3. The lowest BCUT2D eigenvalue weighted by atomic mass is 10.0. The Bertz CT molecular complexity index is 919. The number of hydrogen-bond acceptors (Lipinski definition) is 5. The molecule has 0 radical (unpaired) electrons. The third kappa shape index (κ3) is 3.17. The molecule has 8 nitrogen and oxygen atoms in total. The van der Waals surface area contributed by atoms with Gasteiger partial charge in [0.1, 0.15) is 11.7 Å². The third-order valence-corrected chi connectivity index (χ3v) is 4.36. The normalized spacial score (nSPS) is 14.3. The number of hydrogen-bond donors (Lipinski definition) is 1. The average molecular weight is 367 g/mol. The molecule has 3 rings (SSSR count). The minimum absolute atomic E-state index is 0.00904. The number of amides is 3. The first-order valence-corrected chi connectivity index (χ1v) is 8.34. The van der Waals surface area contributed by atoms with Gasteiger partial charge >= 0.3 is 0 Å². The van der Waals surface area contributed by atoms with Crippen molar-refractivity contribution in [3.8, 4) is 0 Å². The van der Waals surface area contributed by atoms with Gasteiger partial charge in [-0.2, -0.15) is 0 Å². The second kappa shape index (κ2) is 6.99. The molecular formula is C19H17N3O5. The molecule has 1 atom stereocenters. The number of nitrogens with one attached hydrogen (secondary N) is 1. The topological polar surface area (TPSA) is 110 Å². The number of anilines is 1. The highest BCUT2D eigenvalue weighted by Gasteiger charge is 2.44. The molecular weight excluding hydrogens is 350 g/mol. The maximum absolute atomic E-state index is 12.9. The molecule has 2 aromatic rings. The fourth-order valence-electron chi connectivity index (χ4n) is 3.12. The summed E-state index contributed by atoms with van der Waals surface area (Å²) in [6.07, 6.45) is 0. The van der Waals surface area contributed by atoms with Crippen molar-refractivity contribution in [2.75, 3.05) is 5.32 Å². The van der Waals surface area contributed by atoms with Crippen molar-refractivity contribution in [1.29, 1.82) is 0 Å². The van der Waals surface area contributed by atoms with Gasteiger partial charge in [0.2, 0.25) is 5.91 Å². The van der Waals surface area contributed by atoms with Gasteiger partial charge in [0.25, 0.3) is 17.5 Å². The average Bonchev–Trinajstić information content (AvgIpc) is 2.87. The molecule has 3 amide bonds.